The number of carbonyl (C=O) groups excluding carboxylic acids is 4. The summed E-state index contributed by atoms with van der Waals surface area (Å²) in [5.41, 5.74) is -0.926. The minimum atomic E-state index is -1.40. The van der Waals surface area contributed by atoms with Crippen molar-refractivity contribution < 1.29 is 33.8 Å². The van der Waals surface area contributed by atoms with Crippen LogP contribution in [-0.2, 0) is 28.7 Å². The first kappa shape index (κ1) is 30.7. The molecule has 4 heterocycles. The molecule has 5 bridgehead atoms. The van der Waals surface area contributed by atoms with Crippen LogP contribution in [0, 0.1) is 11.8 Å². The second-order valence-electron chi connectivity index (χ2n) is 11.1. The molecule has 5 rings (SSSR count). The Hall–Kier alpha value is -2.73. The number of aliphatic hydroxyl groups excluding tert-OH is 1. The molecule has 1 aromatic carbocycles. The van der Waals surface area contributed by atoms with Crippen LogP contribution in [0.5, 0.6) is 0 Å². The van der Waals surface area contributed by atoms with E-state index in [1.165, 1.54) is 9.80 Å². The Morgan fingerprint density at radius 2 is 1.90 bits per heavy atom. The topological polar surface area (TPSA) is 125 Å². The average molecular weight is 665 g/mol. The van der Waals surface area contributed by atoms with Gasteiger partial charge in [0.25, 0.3) is 5.91 Å². The SMILES string of the molecule is C[C@@H]1CNC(=O)CC/C=C\CN(c2ccccc2Cl)C(=O)[C@@H]2N(CCCCCO)C(=O)[C@H]3[C@H](C(=O)O1)[C@H]1O[C@@]23C=C1Br. The molecular weight excluding hydrogens is 630 g/mol. The summed E-state index contributed by atoms with van der Waals surface area (Å²) in [5, 5.41) is 12.4. The van der Waals surface area contributed by atoms with E-state index in [2.05, 4.69) is 21.2 Å². The monoisotopic (exact) mass is 663 g/mol. The number of halogens is 2. The van der Waals surface area contributed by atoms with E-state index in [1.54, 1.807) is 43.3 Å². The van der Waals surface area contributed by atoms with Gasteiger partial charge in [-0.25, -0.2) is 0 Å². The number of allylic oxidation sites excluding steroid dienone is 1. The van der Waals surface area contributed by atoms with E-state index in [-0.39, 0.29) is 44.5 Å². The zero-order chi connectivity index (χ0) is 30.0. The molecule has 226 valence electrons. The number of amides is 3. The van der Waals surface area contributed by atoms with E-state index >= 15 is 0 Å². The normalized spacial score (nSPS) is 32.5. The maximum Gasteiger partial charge on any atom is 0.313 e. The standard InChI is InChI=1S/C30H35BrClN3O7/c1-18-17-33-22(37)12-4-2-7-13-34(21-11-6-5-10-20(21)32)28(39)26-30-16-19(31)25(42-30)23(29(40)41-18)24(30)27(38)35(26)14-8-3-9-15-36/h2,5-7,10-11,16,18,23-26,36H,3-4,8-9,12-15,17H2,1H3,(H,33,37)/b7-2-/t18-,23+,24-,25+,26+,30-/m1/s1. The van der Waals surface area contributed by atoms with Crippen LogP contribution < -0.4 is 10.2 Å². The zero-order valence-electron chi connectivity index (χ0n) is 23.3. The molecule has 0 saturated carbocycles. The van der Waals surface area contributed by atoms with Gasteiger partial charge in [-0.1, -0.05) is 51.8 Å². The first-order valence-corrected chi connectivity index (χ1v) is 15.5. The molecule has 1 spiro atoms. The van der Waals surface area contributed by atoms with Crippen molar-refractivity contribution in [3.8, 4) is 0 Å². The van der Waals surface area contributed by atoms with E-state index in [0.717, 1.165) is 0 Å². The van der Waals surface area contributed by atoms with E-state index in [4.69, 9.17) is 21.1 Å². The van der Waals surface area contributed by atoms with Crippen molar-refractivity contribution in [3.05, 3.63) is 52.0 Å². The summed E-state index contributed by atoms with van der Waals surface area (Å²) >= 11 is 10.1. The molecule has 2 N–H and O–H groups in total. The van der Waals surface area contributed by atoms with Crippen LogP contribution >= 0.6 is 27.5 Å². The van der Waals surface area contributed by atoms with E-state index in [0.29, 0.717) is 40.9 Å². The summed E-state index contributed by atoms with van der Waals surface area (Å²) in [7, 11) is 0. The third-order valence-electron chi connectivity index (χ3n) is 8.30. The van der Waals surface area contributed by atoms with E-state index in [1.807, 2.05) is 6.08 Å². The van der Waals surface area contributed by atoms with Crippen LogP contribution in [0.25, 0.3) is 0 Å². The summed E-state index contributed by atoms with van der Waals surface area (Å²) in [5.74, 6) is -3.50. The van der Waals surface area contributed by atoms with Gasteiger partial charge in [0.1, 0.15) is 29.8 Å². The number of unbranched alkanes of at least 4 members (excludes halogenated alkanes) is 2. The number of fused-ring (bicyclic) bond motifs is 2. The molecule has 0 radical (unpaired) electrons. The Morgan fingerprint density at radius 3 is 2.67 bits per heavy atom. The average Bonchev–Trinajstić information content (AvgIpc) is 3.55. The summed E-state index contributed by atoms with van der Waals surface area (Å²) in [6.45, 7) is 2.24. The molecule has 10 nitrogen and oxygen atoms in total. The second-order valence-corrected chi connectivity index (χ2v) is 12.4. The van der Waals surface area contributed by atoms with Crippen molar-refractivity contribution >= 4 is 56.9 Å². The summed E-state index contributed by atoms with van der Waals surface area (Å²) in [6.07, 6.45) is 6.44. The highest BCUT2D eigenvalue weighted by Crippen LogP contribution is 2.59. The molecule has 42 heavy (non-hydrogen) atoms. The number of carbonyl (C=O) groups is 4. The highest BCUT2D eigenvalue weighted by atomic mass is 79.9. The van der Waals surface area contributed by atoms with Crippen LogP contribution in [0.2, 0.25) is 5.02 Å². The molecule has 6 atom stereocenters. The number of aliphatic hydroxyl groups is 1. The first-order valence-electron chi connectivity index (χ1n) is 14.3. The van der Waals surface area contributed by atoms with Crippen molar-refractivity contribution in [3.63, 3.8) is 0 Å². The van der Waals surface area contributed by atoms with Gasteiger partial charge in [0, 0.05) is 30.6 Å². The molecule has 12 heteroatoms. The van der Waals surface area contributed by atoms with Crippen molar-refractivity contribution in [2.75, 3.05) is 31.1 Å². The summed E-state index contributed by atoms with van der Waals surface area (Å²) < 4.78 is 12.8. The molecule has 0 unspecified atom stereocenters. The second kappa shape index (κ2) is 12.9. The van der Waals surface area contributed by atoms with Crippen molar-refractivity contribution in [1.29, 1.82) is 0 Å². The number of ether oxygens (including phenoxy) is 2. The molecule has 1 aromatic rings. The van der Waals surface area contributed by atoms with Crippen molar-refractivity contribution in [1.82, 2.24) is 10.2 Å². The number of anilines is 1. The Labute approximate surface area is 258 Å². The Kier molecular flexibility index (Phi) is 9.41. The highest BCUT2D eigenvalue weighted by Gasteiger charge is 2.74. The number of esters is 1. The lowest BCUT2D eigenvalue weighted by molar-refractivity contribution is -0.158. The lowest BCUT2D eigenvalue weighted by Crippen LogP contribution is -2.56. The number of benzene rings is 1. The predicted octanol–water partition coefficient (Wildman–Crippen LogP) is 3.11. The van der Waals surface area contributed by atoms with E-state index < -0.39 is 47.6 Å². The maximum atomic E-state index is 14.7. The first-order chi connectivity index (χ1) is 20.2. The number of nitrogens with zero attached hydrogens (tertiary/aromatic N) is 2. The van der Waals surface area contributed by atoms with Gasteiger partial charge < -0.3 is 29.7 Å². The molecule has 3 amide bonds. The van der Waals surface area contributed by atoms with Crippen molar-refractivity contribution in [2.45, 2.75) is 62.9 Å². The van der Waals surface area contributed by atoms with Gasteiger partial charge in [0.15, 0.2) is 0 Å². The van der Waals surface area contributed by atoms with Gasteiger partial charge in [-0.05, 0) is 50.8 Å². The van der Waals surface area contributed by atoms with E-state index in [9.17, 15) is 24.3 Å². The van der Waals surface area contributed by atoms with Gasteiger partial charge >= 0.3 is 5.97 Å². The van der Waals surface area contributed by atoms with Crippen molar-refractivity contribution in [2.24, 2.45) is 11.8 Å². The van der Waals surface area contributed by atoms with Gasteiger partial charge in [0.05, 0.1) is 23.2 Å². The van der Waals surface area contributed by atoms with Gasteiger partial charge in [-0.3, -0.25) is 19.2 Å². The fourth-order valence-corrected chi connectivity index (χ4v) is 7.35. The summed E-state index contributed by atoms with van der Waals surface area (Å²) in [6, 6.07) is 5.90. The fourth-order valence-electron chi connectivity index (χ4n) is 6.38. The number of nitrogens with one attached hydrogen (secondary N) is 1. The Bertz CT molecular complexity index is 1310. The molecule has 2 fully saturated rings. The number of rotatable bonds is 6. The molecule has 2 saturated heterocycles. The third-order valence-corrected chi connectivity index (χ3v) is 9.29. The maximum absolute atomic E-state index is 14.7. The van der Waals surface area contributed by atoms with Crippen LogP contribution in [0.4, 0.5) is 5.69 Å². The molecule has 0 aromatic heterocycles. The van der Waals surface area contributed by atoms with Crippen LogP contribution in [0.3, 0.4) is 0 Å². The number of hydrogen-bond acceptors (Lipinski definition) is 7. The van der Waals surface area contributed by atoms with Gasteiger partial charge in [-0.15, -0.1) is 0 Å². The molecule has 0 aliphatic carbocycles. The Balaban J connectivity index is 1.60. The zero-order valence-corrected chi connectivity index (χ0v) is 25.7. The van der Waals surface area contributed by atoms with Gasteiger partial charge in [0.2, 0.25) is 11.8 Å². The highest BCUT2D eigenvalue weighted by molar-refractivity contribution is 9.11. The minimum Gasteiger partial charge on any atom is -0.460 e. The summed E-state index contributed by atoms with van der Waals surface area (Å²) in [4.78, 5) is 57.9. The van der Waals surface area contributed by atoms with Crippen LogP contribution in [0.15, 0.2) is 47.0 Å². The number of para-hydroxylation sites is 1. The predicted molar refractivity (Wildman–Crippen MR) is 159 cm³/mol. The van der Waals surface area contributed by atoms with Crippen LogP contribution in [0.1, 0.15) is 39.0 Å². The molecule has 4 aliphatic rings. The quantitative estimate of drug-likeness (QED) is 0.272. The molecular formula is C30H35BrClN3O7. The fraction of sp³-hybridized carbons (Fsp3) is 0.533. The minimum absolute atomic E-state index is 0.0303. The number of likely N-dealkylation sites (tertiary alicyclic amines) is 1. The van der Waals surface area contributed by atoms with Gasteiger partial charge in [-0.2, -0.15) is 0 Å². The smallest absolute Gasteiger partial charge is 0.313 e. The molecule has 4 aliphatic heterocycles. The third kappa shape index (κ3) is 5.64. The number of cyclic esters (lactones) is 1. The largest absolute Gasteiger partial charge is 0.460 e. The Morgan fingerprint density at radius 1 is 1.12 bits per heavy atom. The number of hydrogen-bond donors (Lipinski definition) is 2. The lowest BCUT2D eigenvalue weighted by atomic mass is 9.74. The van der Waals surface area contributed by atoms with Crippen LogP contribution in [-0.4, -0.2) is 83.8 Å². The lowest BCUT2D eigenvalue weighted by Gasteiger charge is -2.36.